The topological polar surface area (TPSA) is 63.2 Å². The van der Waals surface area contributed by atoms with Gasteiger partial charge in [0.25, 0.3) is 0 Å². The predicted octanol–water partition coefficient (Wildman–Crippen LogP) is 1.58. The number of amides is 1. The maximum Gasteiger partial charge on any atom is 0.245 e. The Morgan fingerprint density at radius 1 is 1.67 bits per heavy atom. The highest BCUT2D eigenvalue weighted by Crippen LogP contribution is 2.25. The van der Waals surface area contributed by atoms with Crippen LogP contribution in [0.3, 0.4) is 0 Å². The van der Waals surface area contributed by atoms with Crippen LogP contribution in [0.4, 0.5) is 5.13 Å². The van der Waals surface area contributed by atoms with Gasteiger partial charge in [-0.3, -0.25) is 4.79 Å². The molecule has 1 fully saturated rings. The third-order valence-corrected chi connectivity index (χ3v) is 4.14. The average molecular weight is 269 g/mol. The Bertz CT molecular complexity index is 419. The fraction of sp³-hybridized carbons (Fsp3) is 0.667. The largest absolute Gasteiger partial charge is 0.375 e. The number of hydrogen-bond donors (Lipinski definition) is 2. The van der Waals surface area contributed by atoms with E-state index in [0.717, 1.165) is 0 Å². The normalized spacial score (nSPS) is 24.2. The van der Waals surface area contributed by atoms with Crippen molar-refractivity contribution in [3.8, 4) is 0 Å². The third kappa shape index (κ3) is 3.07. The van der Waals surface area contributed by atoms with Gasteiger partial charge in [0.05, 0.1) is 12.7 Å². The molecule has 6 heteroatoms. The van der Waals surface area contributed by atoms with Crippen molar-refractivity contribution in [3.63, 3.8) is 0 Å². The SMILES string of the molecule is CC(C)c1cnc(NC(=O)[C@H]2NCCO[C@@H]2C)s1. The lowest BCUT2D eigenvalue weighted by molar-refractivity contribution is -0.123. The van der Waals surface area contributed by atoms with Crippen molar-refractivity contribution < 1.29 is 9.53 Å². The van der Waals surface area contributed by atoms with Gasteiger partial charge < -0.3 is 15.4 Å². The lowest BCUT2D eigenvalue weighted by atomic mass is 10.1. The fourth-order valence-corrected chi connectivity index (χ4v) is 2.64. The summed E-state index contributed by atoms with van der Waals surface area (Å²) in [6.45, 7) is 7.48. The molecule has 0 unspecified atom stereocenters. The van der Waals surface area contributed by atoms with Gasteiger partial charge in [-0.2, -0.15) is 0 Å². The Morgan fingerprint density at radius 2 is 2.44 bits per heavy atom. The molecule has 2 N–H and O–H groups in total. The van der Waals surface area contributed by atoms with Crippen LogP contribution < -0.4 is 10.6 Å². The molecular weight excluding hydrogens is 250 g/mol. The summed E-state index contributed by atoms with van der Waals surface area (Å²) < 4.78 is 5.45. The van der Waals surface area contributed by atoms with E-state index in [1.54, 1.807) is 0 Å². The fourth-order valence-electron chi connectivity index (χ4n) is 1.82. The zero-order valence-electron chi connectivity index (χ0n) is 10.9. The number of hydrogen-bond acceptors (Lipinski definition) is 5. The second-order valence-corrected chi connectivity index (χ2v) is 5.78. The van der Waals surface area contributed by atoms with Gasteiger partial charge in [0.2, 0.25) is 5.91 Å². The van der Waals surface area contributed by atoms with Gasteiger partial charge in [0.1, 0.15) is 6.04 Å². The number of nitrogens with zero attached hydrogens (tertiary/aromatic N) is 1. The minimum Gasteiger partial charge on any atom is -0.375 e. The van der Waals surface area contributed by atoms with E-state index in [2.05, 4.69) is 29.5 Å². The molecule has 0 spiro atoms. The highest BCUT2D eigenvalue weighted by Gasteiger charge is 2.28. The highest BCUT2D eigenvalue weighted by molar-refractivity contribution is 7.15. The molecule has 1 aromatic heterocycles. The molecule has 0 saturated carbocycles. The first-order valence-corrected chi connectivity index (χ1v) is 7.01. The molecule has 100 valence electrons. The molecule has 0 aromatic carbocycles. The van der Waals surface area contributed by atoms with E-state index >= 15 is 0 Å². The third-order valence-electron chi connectivity index (χ3n) is 2.92. The smallest absolute Gasteiger partial charge is 0.245 e. The summed E-state index contributed by atoms with van der Waals surface area (Å²) in [5.41, 5.74) is 0. The standard InChI is InChI=1S/C12H19N3O2S/c1-7(2)9-6-14-12(18-9)15-11(16)10-8(3)17-5-4-13-10/h6-8,10,13H,4-5H2,1-3H3,(H,14,15,16)/t8-,10+/m1/s1. The van der Waals surface area contributed by atoms with Crippen LogP contribution in [0, 0.1) is 0 Å². The van der Waals surface area contributed by atoms with Crippen molar-refractivity contribution in [2.75, 3.05) is 18.5 Å². The van der Waals surface area contributed by atoms with E-state index in [1.165, 1.54) is 16.2 Å². The van der Waals surface area contributed by atoms with Crippen LogP contribution in [0.15, 0.2) is 6.20 Å². The Balaban J connectivity index is 1.97. The second-order valence-electron chi connectivity index (χ2n) is 4.72. The molecule has 1 saturated heterocycles. The number of carbonyl (C=O) groups excluding carboxylic acids is 1. The maximum atomic E-state index is 12.1. The van der Waals surface area contributed by atoms with Gasteiger partial charge >= 0.3 is 0 Å². The van der Waals surface area contributed by atoms with Crippen molar-refractivity contribution in [1.29, 1.82) is 0 Å². The number of thiazole rings is 1. The predicted molar refractivity (Wildman–Crippen MR) is 72.0 cm³/mol. The number of rotatable bonds is 3. The molecule has 2 heterocycles. The summed E-state index contributed by atoms with van der Waals surface area (Å²) in [5, 5.41) is 6.66. The van der Waals surface area contributed by atoms with Crippen LogP contribution in [0.25, 0.3) is 0 Å². The number of morpholine rings is 1. The van der Waals surface area contributed by atoms with E-state index in [-0.39, 0.29) is 18.1 Å². The molecule has 2 rings (SSSR count). The number of carbonyl (C=O) groups is 1. The zero-order chi connectivity index (χ0) is 13.1. The lowest BCUT2D eigenvalue weighted by Gasteiger charge is -2.28. The van der Waals surface area contributed by atoms with E-state index in [0.29, 0.717) is 24.2 Å². The van der Waals surface area contributed by atoms with Crippen LogP contribution in [-0.2, 0) is 9.53 Å². The van der Waals surface area contributed by atoms with Crippen LogP contribution >= 0.6 is 11.3 Å². The van der Waals surface area contributed by atoms with Crippen LogP contribution in [0.2, 0.25) is 0 Å². The minimum absolute atomic E-state index is 0.0770. The minimum atomic E-state index is -0.301. The number of nitrogens with one attached hydrogen (secondary N) is 2. The quantitative estimate of drug-likeness (QED) is 0.874. The lowest BCUT2D eigenvalue weighted by Crippen LogP contribution is -2.53. The summed E-state index contributed by atoms with van der Waals surface area (Å²) in [6, 6.07) is -0.301. The van der Waals surface area contributed by atoms with Crippen LogP contribution in [-0.4, -0.2) is 36.2 Å². The molecule has 0 aliphatic carbocycles. The van der Waals surface area contributed by atoms with Crippen molar-refractivity contribution in [2.45, 2.75) is 38.8 Å². The highest BCUT2D eigenvalue weighted by atomic mass is 32.1. The Hall–Kier alpha value is -0.980. The average Bonchev–Trinajstić information content (AvgIpc) is 2.78. The first-order chi connectivity index (χ1) is 8.58. The molecule has 5 nitrogen and oxygen atoms in total. The second kappa shape index (κ2) is 5.77. The van der Waals surface area contributed by atoms with Gasteiger partial charge in [-0.15, -0.1) is 11.3 Å². The first-order valence-electron chi connectivity index (χ1n) is 6.19. The van der Waals surface area contributed by atoms with E-state index in [1.807, 2.05) is 13.1 Å². The van der Waals surface area contributed by atoms with Gasteiger partial charge in [-0.25, -0.2) is 4.98 Å². The first kappa shape index (κ1) is 13.5. The molecule has 18 heavy (non-hydrogen) atoms. The molecule has 0 bridgehead atoms. The molecule has 1 aliphatic rings. The van der Waals surface area contributed by atoms with E-state index in [9.17, 15) is 4.79 Å². The van der Waals surface area contributed by atoms with Gasteiger partial charge in [0.15, 0.2) is 5.13 Å². The van der Waals surface area contributed by atoms with Crippen molar-refractivity contribution in [1.82, 2.24) is 10.3 Å². The summed E-state index contributed by atoms with van der Waals surface area (Å²) in [6.07, 6.45) is 1.71. The van der Waals surface area contributed by atoms with Gasteiger partial charge in [-0.05, 0) is 12.8 Å². The van der Waals surface area contributed by atoms with E-state index in [4.69, 9.17) is 4.74 Å². The molecule has 1 amide bonds. The molecule has 1 aliphatic heterocycles. The summed E-state index contributed by atoms with van der Waals surface area (Å²) in [5.74, 6) is 0.357. The van der Waals surface area contributed by atoms with Gasteiger partial charge in [0, 0.05) is 17.6 Å². The number of ether oxygens (including phenoxy) is 1. The van der Waals surface area contributed by atoms with Crippen molar-refractivity contribution in [3.05, 3.63) is 11.1 Å². The van der Waals surface area contributed by atoms with E-state index < -0.39 is 0 Å². The number of anilines is 1. The Labute approximate surface area is 111 Å². The summed E-state index contributed by atoms with van der Waals surface area (Å²) in [7, 11) is 0. The molecule has 2 atom stereocenters. The number of aromatic nitrogens is 1. The zero-order valence-corrected chi connectivity index (χ0v) is 11.7. The Morgan fingerprint density at radius 3 is 3.06 bits per heavy atom. The molecular formula is C12H19N3O2S. The summed E-state index contributed by atoms with van der Waals surface area (Å²) in [4.78, 5) is 17.5. The maximum absolute atomic E-state index is 12.1. The monoisotopic (exact) mass is 269 g/mol. The van der Waals surface area contributed by atoms with Crippen molar-refractivity contribution >= 4 is 22.4 Å². The van der Waals surface area contributed by atoms with Gasteiger partial charge in [-0.1, -0.05) is 13.8 Å². The molecule has 1 aromatic rings. The van der Waals surface area contributed by atoms with Crippen molar-refractivity contribution in [2.24, 2.45) is 0 Å². The van der Waals surface area contributed by atoms with Crippen LogP contribution in [0.1, 0.15) is 31.6 Å². The summed E-state index contributed by atoms with van der Waals surface area (Å²) >= 11 is 1.52. The molecule has 0 radical (unpaired) electrons. The Kier molecular flexibility index (Phi) is 4.31. The van der Waals surface area contributed by atoms with Crippen LogP contribution in [0.5, 0.6) is 0 Å².